The third-order valence-electron chi connectivity index (χ3n) is 6.67. The summed E-state index contributed by atoms with van der Waals surface area (Å²) in [4.78, 5) is 4.62. The number of hydrogen-bond acceptors (Lipinski definition) is 2. The van der Waals surface area contributed by atoms with Gasteiger partial charge in [0, 0.05) is 0 Å². The van der Waals surface area contributed by atoms with Crippen LogP contribution in [0.2, 0.25) is 0 Å². The average Bonchev–Trinajstić information content (AvgIpc) is 2.65. The zero-order valence-electron chi connectivity index (χ0n) is 12.1. The van der Waals surface area contributed by atoms with E-state index in [0.717, 1.165) is 29.6 Å². The maximum atomic E-state index is 4.91. The van der Waals surface area contributed by atoms with Gasteiger partial charge in [0.25, 0.3) is 0 Å². The van der Waals surface area contributed by atoms with E-state index in [1.165, 1.54) is 25.7 Å². The van der Waals surface area contributed by atoms with Crippen molar-refractivity contribution in [3.63, 3.8) is 0 Å². The molecule has 0 saturated heterocycles. The van der Waals surface area contributed by atoms with E-state index < -0.39 is 0 Å². The highest BCUT2D eigenvalue weighted by molar-refractivity contribution is 7.78. The zero-order valence-corrected chi connectivity index (χ0v) is 12.9. The minimum Gasteiger partial charge on any atom is -0.226 e. The number of isothiocyanates is 1. The Kier molecular flexibility index (Phi) is 2.78. The van der Waals surface area contributed by atoms with Gasteiger partial charge in [-0.25, -0.2) is 4.99 Å². The summed E-state index contributed by atoms with van der Waals surface area (Å²) in [5.41, 5.74) is 0.672. The fourth-order valence-corrected chi connectivity index (χ4v) is 5.74. The Labute approximate surface area is 116 Å². The molecule has 0 radical (unpaired) electrons. The van der Waals surface area contributed by atoms with Crippen molar-refractivity contribution in [3.8, 4) is 0 Å². The minimum atomic E-state index is 0.0840. The van der Waals surface area contributed by atoms with E-state index in [-0.39, 0.29) is 5.54 Å². The van der Waals surface area contributed by atoms with Crippen LogP contribution >= 0.6 is 12.2 Å². The molecule has 100 valence electrons. The second kappa shape index (κ2) is 3.90. The highest BCUT2D eigenvalue weighted by Crippen LogP contribution is 2.71. The van der Waals surface area contributed by atoms with Crippen LogP contribution in [0, 0.1) is 35.0 Å². The van der Waals surface area contributed by atoms with Crippen LogP contribution in [0.25, 0.3) is 0 Å². The molecule has 0 spiro atoms. The lowest BCUT2D eigenvalue weighted by Crippen LogP contribution is -2.36. The van der Waals surface area contributed by atoms with Crippen molar-refractivity contribution in [3.05, 3.63) is 0 Å². The Morgan fingerprint density at radius 2 is 1.83 bits per heavy atom. The third kappa shape index (κ3) is 1.58. The lowest BCUT2D eigenvalue weighted by molar-refractivity contribution is 0.176. The SMILES string of the molecule is C[C@H]1CC[C@H]2[C@H]1C1C(CC[C@]2(C)N=C=S)C1(C)C. The van der Waals surface area contributed by atoms with Gasteiger partial charge in [-0.1, -0.05) is 27.2 Å². The van der Waals surface area contributed by atoms with Crippen LogP contribution in [0.15, 0.2) is 4.99 Å². The number of nitrogens with zero attached hydrogens (tertiary/aromatic N) is 1. The molecule has 6 atom stereocenters. The topological polar surface area (TPSA) is 12.4 Å². The molecular weight excluding hydrogens is 238 g/mol. The molecule has 0 bridgehead atoms. The Hall–Kier alpha value is -0.200. The maximum Gasteiger partial charge on any atom is 0.0713 e. The van der Waals surface area contributed by atoms with Gasteiger partial charge in [-0.05, 0) is 73.4 Å². The van der Waals surface area contributed by atoms with Crippen molar-refractivity contribution in [2.75, 3.05) is 0 Å². The van der Waals surface area contributed by atoms with Gasteiger partial charge in [0.1, 0.15) is 0 Å². The van der Waals surface area contributed by atoms with Crippen LogP contribution in [-0.4, -0.2) is 10.7 Å². The molecule has 0 aliphatic heterocycles. The monoisotopic (exact) mass is 263 g/mol. The van der Waals surface area contributed by atoms with Gasteiger partial charge in [-0.3, -0.25) is 0 Å². The molecule has 2 unspecified atom stereocenters. The first-order chi connectivity index (χ1) is 8.42. The largest absolute Gasteiger partial charge is 0.226 e. The van der Waals surface area contributed by atoms with E-state index in [9.17, 15) is 0 Å². The van der Waals surface area contributed by atoms with E-state index >= 15 is 0 Å². The van der Waals surface area contributed by atoms with Crippen molar-refractivity contribution in [1.82, 2.24) is 0 Å². The van der Waals surface area contributed by atoms with Gasteiger partial charge in [0.05, 0.1) is 10.7 Å². The molecule has 0 aromatic rings. The molecule has 0 amide bonds. The average molecular weight is 263 g/mol. The van der Waals surface area contributed by atoms with Gasteiger partial charge in [-0.2, -0.15) is 0 Å². The second-order valence-electron chi connectivity index (χ2n) is 7.79. The quantitative estimate of drug-likeness (QED) is 0.498. The van der Waals surface area contributed by atoms with Gasteiger partial charge in [0.2, 0.25) is 0 Å². The van der Waals surface area contributed by atoms with Crippen LogP contribution in [0.5, 0.6) is 0 Å². The molecule has 1 nitrogen and oxygen atoms in total. The molecule has 3 aliphatic rings. The lowest BCUT2D eigenvalue weighted by Gasteiger charge is -2.35. The standard InChI is InChI=1S/C16H25NS/c1-10-5-6-11-13(10)14-12(15(14,2)3)7-8-16(11,4)17-9-18/h10-14H,5-8H2,1-4H3/t10-,11-,12?,13-,14?,16-/m0/s1. The zero-order chi connectivity index (χ0) is 13.1. The first-order valence-electron chi connectivity index (χ1n) is 7.51. The predicted octanol–water partition coefficient (Wildman–Crippen LogP) is 4.58. The second-order valence-corrected chi connectivity index (χ2v) is 7.97. The van der Waals surface area contributed by atoms with Crippen molar-refractivity contribution in [2.45, 2.75) is 58.9 Å². The molecule has 0 aromatic carbocycles. The minimum absolute atomic E-state index is 0.0840. The summed E-state index contributed by atoms with van der Waals surface area (Å²) in [6, 6.07) is 0. The first kappa shape index (κ1) is 12.8. The number of hydrogen-bond donors (Lipinski definition) is 0. The van der Waals surface area contributed by atoms with Crippen LogP contribution < -0.4 is 0 Å². The third-order valence-corrected chi connectivity index (χ3v) is 6.76. The maximum absolute atomic E-state index is 4.91. The van der Waals surface area contributed by atoms with Crippen molar-refractivity contribution >= 4 is 17.4 Å². The predicted molar refractivity (Wildman–Crippen MR) is 78.8 cm³/mol. The van der Waals surface area contributed by atoms with Crippen molar-refractivity contribution in [1.29, 1.82) is 0 Å². The molecule has 2 heteroatoms. The number of thiocarbonyl (C=S) groups is 1. The highest BCUT2D eigenvalue weighted by atomic mass is 32.1. The molecular formula is C16H25NS. The van der Waals surface area contributed by atoms with Crippen molar-refractivity contribution < 1.29 is 0 Å². The molecule has 0 N–H and O–H groups in total. The Morgan fingerprint density at radius 1 is 1.11 bits per heavy atom. The molecule has 3 rings (SSSR count). The molecule has 3 aliphatic carbocycles. The smallest absolute Gasteiger partial charge is 0.0713 e. The van der Waals surface area contributed by atoms with E-state index in [1.54, 1.807) is 0 Å². The Morgan fingerprint density at radius 3 is 2.50 bits per heavy atom. The van der Waals surface area contributed by atoms with Gasteiger partial charge >= 0.3 is 0 Å². The van der Waals surface area contributed by atoms with Crippen molar-refractivity contribution in [2.24, 2.45) is 40.0 Å². The van der Waals surface area contributed by atoms with Crippen LogP contribution in [-0.2, 0) is 0 Å². The molecule has 3 fully saturated rings. The summed E-state index contributed by atoms with van der Waals surface area (Å²) in [6.07, 6.45) is 5.29. The van der Waals surface area contributed by atoms with Crippen LogP contribution in [0.1, 0.15) is 53.4 Å². The van der Waals surface area contributed by atoms with Crippen LogP contribution in [0.3, 0.4) is 0 Å². The van der Waals surface area contributed by atoms with E-state index in [0.29, 0.717) is 5.41 Å². The first-order valence-corrected chi connectivity index (χ1v) is 7.91. The lowest BCUT2D eigenvalue weighted by atomic mass is 9.73. The number of fused-ring (bicyclic) bond motifs is 3. The molecule has 0 heterocycles. The van der Waals surface area contributed by atoms with Gasteiger partial charge < -0.3 is 0 Å². The molecule has 18 heavy (non-hydrogen) atoms. The fraction of sp³-hybridized carbons (Fsp3) is 0.938. The van der Waals surface area contributed by atoms with E-state index in [4.69, 9.17) is 12.2 Å². The molecule has 0 aromatic heterocycles. The Bertz CT molecular complexity index is 409. The Balaban J connectivity index is 1.97. The summed E-state index contributed by atoms with van der Waals surface area (Å²) < 4.78 is 0. The highest BCUT2D eigenvalue weighted by Gasteiger charge is 2.66. The summed E-state index contributed by atoms with van der Waals surface area (Å²) in [5.74, 6) is 4.39. The van der Waals surface area contributed by atoms with Gasteiger partial charge in [-0.15, -0.1) is 0 Å². The summed E-state index contributed by atoms with van der Waals surface area (Å²) in [5, 5.41) is 2.69. The number of rotatable bonds is 1. The number of aliphatic imine (C=N–C) groups is 1. The van der Waals surface area contributed by atoms with E-state index in [2.05, 4.69) is 37.8 Å². The van der Waals surface area contributed by atoms with Crippen LogP contribution in [0.4, 0.5) is 0 Å². The van der Waals surface area contributed by atoms with Gasteiger partial charge in [0.15, 0.2) is 0 Å². The molecule has 3 saturated carbocycles. The normalized spacial score (nSPS) is 52.8. The summed E-state index contributed by atoms with van der Waals surface area (Å²) in [6.45, 7) is 9.76. The fourth-order valence-electron chi connectivity index (χ4n) is 5.53. The van der Waals surface area contributed by atoms with E-state index in [1.807, 2.05) is 0 Å². The summed E-state index contributed by atoms with van der Waals surface area (Å²) >= 11 is 4.91. The summed E-state index contributed by atoms with van der Waals surface area (Å²) in [7, 11) is 0.